The van der Waals surface area contributed by atoms with E-state index in [9.17, 15) is 23.2 Å². The molecule has 3 aromatic rings. The van der Waals surface area contributed by atoms with Gasteiger partial charge >= 0.3 is 0 Å². The van der Waals surface area contributed by atoms with Crippen molar-refractivity contribution in [2.45, 2.75) is 63.5 Å². The van der Waals surface area contributed by atoms with E-state index in [4.69, 9.17) is 0 Å². The van der Waals surface area contributed by atoms with Gasteiger partial charge in [0.05, 0.1) is 0 Å². The smallest absolute Gasteiger partial charge is 0.248 e. The molecule has 0 aliphatic heterocycles. The lowest BCUT2D eigenvalue weighted by atomic mass is 9.94. The summed E-state index contributed by atoms with van der Waals surface area (Å²) in [5, 5.41) is 5.76. The van der Waals surface area contributed by atoms with Gasteiger partial charge in [-0.15, -0.1) is 0 Å². The van der Waals surface area contributed by atoms with Crippen molar-refractivity contribution in [1.29, 1.82) is 0 Å². The number of benzene rings is 2. The highest BCUT2D eigenvalue weighted by Gasteiger charge is 2.34. The van der Waals surface area contributed by atoms with Crippen molar-refractivity contribution in [2.75, 3.05) is 10.2 Å². The van der Waals surface area contributed by atoms with E-state index >= 15 is 0 Å². The van der Waals surface area contributed by atoms with Gasteiger partial charge < -0.3 is 10.6 Å². The van der Waals surface area contributed by atoms with Gasteiger partial charge in [-0.25, -0.2) is 13.8 Å². The maximum absolute atomic E-state index is 13.8. The van der Waals surface area contributed by atoms with E-state index < -0.39 is 23.6 Å². The Kier molecular flexibility index (Phi) is 9.72. The standard InChI is InChI=1S/C30H32F2N4O3/c31-22-14-12-21(13-15-22)29(30(39)34-24-7-2-1-3-8-24)36(25-18-16-23(32)17-19-25)28(38)11-6-10-27(37)35-26-9-4-5-20-33-26/h4-5,9,12-20,24,29H,1-3,6-8,10-11H2,(H,34,39)(H,33,35,37)/t29-/m0/s1. The molecule has 39 heavy (non-hydrogen) atoms. The van der Waals surface area contributed by atoms with Gasteiger partial charge in [0.1, 0.15) is 23.5 Å². The fourth-order valence-corrected chi connectivity index (χ4v) is 4.79. The van der Waals surface area contributed by atoms with Gasteiger partial charge in [-0.1, -0.05) is 37.5 Å². The SMILES string of the molecule is O=C(CCCC(=O)N(c1ccc(F)cc1)[C@H](C(=O)NC1CCCCC1)c1ccc(F)cc1)Nc1ccccn1. The summed E-state index contributed by atoms with van der Waals surface area (Å²) in [5.74, 6) is -1.64. The highest BCUT2D eigenvalue weighted by molar-refractivity contribution is 6.01. The molecule has 3 amide bonds. The quantitative estimate of drug-likeness (QED) is 0.350. The fraction of sp³-hybridized carbons (Fsp3) is 0.333. The molecule has 1 heterocycles. The van der Waals surface area contributed by atoms with Crippen LogP contribution < -0.4 is 15.5 Å². The molecule has 1 saturated carbocycles. The minimum Gasteiger partial charge on any atom is -0.351 e. The van der Waals surface area contributed by atoms with Crippen LogP contribution in [0.4, 0.5) is 20.3 Å². The molecule has 1 atom stereocenters. The maximum Gasteiger partial charge on any atom is 0.248 e. The normalized spacial score (nSPS) is 14.3. The zero-order valence-corrected chi connectivity index (χ0v) is 21.6. The molecular weight excluding hydrogens is 502 g/mol. The summed E-state index contributed by atoms with van der Waals surface area (Å²) in [4.78, 5) is 45.2. The number of nitrogens with zero attached hydrogens (tertiary/aromatic N) is 2. The van der Waals surface area contributed by atoms with Gasteiger partial charge in [0.15, 0.2) is 0 Å². The van der Waals surface area contributed by atoms with Crippen molar-refractivity contribution in [3.63, 3.8) is 0 Å². The van der Waals surface area contributed by atoms with Crippen LogP contribution in [-0.4, -0.2) is 28.7 Å². The average Bonchev–Trinajstić information content (AvgIpc) is 2.94. The van der Waals surface area contributed by atoms with Crippen LogP contribution in [0.3, 0.4) is 0 Å². The van der Waals surface area contributed by atoms with Crippen LogP contribution in [0.15, 0.2) is 72.9 Å². The molecule has 0 saturated heterocycles. The summed E-state index contributed by atoms with van der Waals surface area (Å²) in [6.07, 6.45) is 6.62. The van der Waals surface area contributed by atoms with E-state index in [1.807, 2.05) is 0 Å². The van der Waals surface area contributed by atoms with Crippen LogP contribution in [0.25, 0.3) is 0 Å². The molecule has 7 nitrogen and oxygen atoms in total. The number of amides is 3. The van der Waals surface area contributed by atoms with Gasteiger partial charge in [0, 0.05) is 30.8 Å². The molecule has 204 valence electrons. The molecule has 2 aromatic carbocycles. The number of hydrogen-bond donors (Lipinski definition) is 2. The predicted molar refractivity (Wildman–Crippen MR) is 145 cm³/mol. The monoisotopic (exact) mass is 534 g/mol. The number of rotatable bonds is 10. The number of hydrogen-bond acceptors (Lipinski definition) is 4. The van der Waals surface area contributed by atoms with Crippen LogP contribution >= 0.6 is 0 Å². The molecule has 1 fully saturated rings. The van der Waals surface area contributed by atoms with Crippen molar-refractivity contribution in [3.05, 3.63) is 90.1 Å². The predicted octanol–water partition coefficient (Wildman–Crippen LogP) is 5.69. The summed E-state index contributed by atoms with van der Waals surface area (Å²) < 4.78 is 27.6. The highest BCUT2D eigenvalue weighted by atomic mass is 19.1. The minimum atomic E-state index is -1.10. The molecule has 4 rings (SSSR count). The molecule has 0 radical (unpaired) electrons. The first-order chi connectivity index (χ1) is 18.9. The molecule has 1 aliphatic carbocycles. The maximum atomic E-state index is 13.8. The lowest BCUT2D eigenvalue weighted by Gasteiger charge is -2.33. The second-order valence-electron chi connectivity index (χ2n) is 9.65. The molecular formula is C30H32F2N4O3. The molecule has 9 heteroatoms. The summed E-state index contributed by atoms with van der Waals surface area (Å²) in [6.45, 7) is 0. The number of carbonyl (C=O) groups excluding carboxylic acids is 3. The van der Waals surface area contributed by atoms with Crippen molar-refractivity contribution in [2.24, 2.45) is 0 Å². The summed E-state index contributed by atoms with van der Waals surface area (Å²) >= 11 is 0. The molecule has 1 aromatic heterocycles. The van der Waals surface area contributed by atoms with E-state index in [2.05, 4.69) is 15.6 Å². The second-order valence-corrected chi connectivity index (χ2v) is 9.65. The number of aromatic nitrogens is 1. The summed E-state index contributed by atoms with van der Waals surface area (Å²) in [5.41, 5.74) is 0.753. The minimum absolute atomic E-state index is 0.0188. The first-order valence-electron chi connectivity index (χ1n) is 13.2. The molecule has 2 N–H and O–H groups in total. The Morgan fingerprint density at radius 3 is 2.18 bits per heavy atom. The van der Waals surface area contributed by atoms with Crippen LogP contribution in [0.5, 0.6) is 0 Å². The number of pyridine rings is 1. The lowest BCUT2D eigenvalue weighted by molar-refractivity contribution is -0.127. The summed E-state index contributed by atoms with van der Waals surface area (Å²) in [6, 6.07) is 14.8. The number of halogens is 2. The van der Waals surface area contributed by atoms with Crippen molar-refractivity contribution in [3.8, 4) is 0 Å². The second kappa shape index (κ2) is 13.6. The zero-order chi connectivity index (χ0) is 27.6. The van der Waals surface area contributed by atoms with E-state index in [0.29, 0.717) is 17.1 Å². The number of nitrogens with one attached hydrogen (secondary N) is 2. The van der Waals surface area contributed by atoms with Gasteiger partial charge in [-0.3, -0.25) is 19.3 Å². The summed E-state index contributed by atoms with van der Waals surface area (Å²) in [7, 11) is 0. The van der Waals surface area contributed by atoms with Gasteiger partial charge in [-0.05, 0) is 73.4 Å². The van der Waals surface area contributed by atoms with Crippen molar-refractivity contribution in [1.82, 2.24) is 10.3 Å². The van der Waals surface area contributed by atoms with Gasteiger partial charge in [0.2, 0.25) is 17.7 Å². The molecule has 0 bridgehead atoms. The topological polar surface area (TPSA) is 91.4 Å². The Bertz CT molecular complexity index is 1250. The third-order valence-electron chi connectivity index (χ3n) is 6.74. The Labute approximate surface area is 226 Å². The van der Waals surface area contributed by atoms with E-state index in [1.165, 1.54) is 53.4 Å². The Morgan fingerprint density at radius 1 is 0.872 bits per heavy atom. The van der Waals surface area contributed by atoms with Crippen molar-refractivity contribution >= 4 is 29.2 Å². The zero-order valence-electron chi connectivity index (χ0n) is 21.6. The Balaban J connectivity index is 1.56. The van der Waals surface area contributed by atoms with Crippen molar-refractivity contribution < 1.29 is 23.2 Å². The highest BCUT2D eigenvalue weighted by Crippen LogP contribution is 2.30. The largest absolute Gasteiger partial charge is 0.351 e. The third-order valence-corrected chi connectivity index (χ3v) is 6.74. The van der Waals surface area contributed by atoms with Crippen LogP contribution in [-0.2, 0) is 14.4 Å². The van der Waals surface area contributed by atoms with Crippen LogP contribution in [0.2, 0.25) is 0 Å². The number of carbonyl (C=O) groups is 3. The number of anilines is 2. The van der Waals surface area contributed by atoms with Gasteiger partial charge in [-0.2, -0.15) is 0 Å². The molecule has 0 spiro atoms. The fourth-order valence-electron chi connectivity index (χ4n) is 4.79. The Hall–Kier alpha value is -4.14. The molecule has 1 aliphatic rings. The average molecular weight is 535 g/mol. The first kappa shape index (κ1) is 27.9. The van der Waals surface area contributed by atoms with Crippen LogP contribution in [0, 0.1) is 11.6 Å². The van der Waals surface area contributed by atoms with E-state index in [-0.39, 0.29) is 37.1 Å². The van der Waals surface area contributed by atoms with Gasteiger partial charge in [0.25, 0.3) is 0 Å². The van der Waals surface area contributed by atoms with E-state index in [1.54, 1.807) is 24.4 Å². The lowest BCUT2D eigenvalue weighted by Crippen LogP contribution is -2.47. The first-order valence-corrected chi connectivity index (χ1v) is 13.2. The third kappa shape index (κ3) is 7.92. The van der Waals surface area contributed by atoms with E-state index in [0.717, 1.165) is 32.1 Å². The van der Waals surface area contributed by atoms with Crippen LogP contribution in [0.1, 0.15) is 63.0 Å². The molecule has 0 unspecified atom stereocenters. The Morgan fingerprint density at radius 2 is 1.54 bits per heavy atom.